The Labute approximate surface area is 79.1 Å². The Kier molecular flexibility index (Phi) is 3.44. The fourth-order valence-corrected chi connectivity index (χ4v) is 1.15. The number of carbonyl (C=O) groups excluding carboxylic acids is 1. The molecule has 1 atom stereocenters. The van der Waals surface area contributed by atoms with Gasteiger partial charge in [0.25, 0.3) is 0 Å². The summed E-state index contributed by atoms with van der Waals surface area (Å²) in [5.41, 5.74) is 1.24. The van der Waals surface area contributed by atoms with E-state index in [0.29, 0.717) is 5.92 Å². The fourth-order valence-electron chi connectivity index (χ4n) is 1.15. The average molecular weight is 174 g/mol. The van der Waals surface area contributed by atoms with E-state index in [4.69, 9.17) is 0 Å². The number of allylic oxidation sites excluding steroid dienone is 2. The molecule has 1 aromatic rings. The molecule has 68 valence electrons. The Morgan fingerprint density at radius 1 is 1.31 bits per heavy atom. The van der Waals surface area contributed by atoms with Gasteiger partial charge in [-0.1, -0.05) is 43.3 Å². The molecule has 0 aliphatic heterocycles. The number of benzene rings is 1. The first-order chi connectivity index (χ1) is 6.20. The summed E-state index contributed by atoms with van der Waals surface area (Å²) < 4.78 is 0. The highest BCUT2D eigenvalue weighted by molar-refractivity contribution is 5.87. The van der Waals surface area contributed by atoms with Crippen molar-refractivity contribution in [3.63, 3.8) is 0 Å². The maximum atomic E-state index is 10.7. The quantitative estimate of drug-likeness (QED) is 0.644. The first-order valence-corrected chi connectivity index (χ1v) is 4.44. The van der Waals surface area contributed by atoms with E-state index in [-0.39, 0.29) is 5.78 Å². The lowest BCUT2D eigenvalue weighted by atomic mass is 10.0. The minimum atomic E-state index is 0.0998. The van der Waals surface area contributed by atoms with Crippen molar-refractivity contribution in [3.8, 4) is 0 Å². The third kappa shape index (κ3) is 3.24. The molecular formula is C12H14O. The summed E-state index contributed by atoms with van der Waals surface area (Å²) in [6.07, 6.45) is 3.55. The van der Waals surface area contributed by atoms with Gasteiger partial charge in [-0.3, -0.25) is 4.79 Å². The summed E-state index contributed by atoms with van der Waals surface area (Å²) in [7, 11) is 0. The van der Waals surface area contributed by atoms with Crippen LogP contribution < -0.4 is 0 Å². The summed E-state index contributed by atoms with van der Waals surface area (Å²) >= 11 is 0. The van der Waals surface area contributed by atoms with Crippen LogP contribution in [0.25, 0.3) is 0 Å². The third-order valence-electron chi connectivity index (χ3n) is 1.94. The molecule has 1 rings (SSSR count). The van der Waals surface area contributed by atoms with Crippen LogP contribution in [0.1, 0.15) is 25.3 Å². The standard InChI is InChI=1S/C12H14O/c1-10(8-9-11(2)13)12-6-4-3-5-7-12/h3-10H,1-2H3/b9-8+/t10-/m1/s1. The molecule has 0 heterocycles. The zero-order valence-corrected chi connectivity index (χ0v) is 8.03. The molecule has 1 aromatic carbocycles. The molecule has 0 saturated carbocycles. The van der Waals surface area contributed by atoms with Crippen LogP contribution in [-0.4, -0.2) is 5.78 Å². The topological polar surface area (TPSA) is 17.1 Å². The number of ketones is 1. The van der Waals surface area contributed by atoms with Gasteiger partial charge in [-0.2, -0.15) is 0 Å². The van der Waals surface area contributed by atoms with Crippen molar-refractivity contribution in [2.24, 2.45) is 0 Å². The summed E-state index contributed by atoms with van der Waals surface area (Å²) in [6.45, 7) is 3.64. The fraction of sp³-hybridized carbons (Fsp3) is 0.250. The van der Waals surface area contributed by atoms with Gasteiger partial charge >= 0.3 is 0 Å². The molecule has 0 amide bonds. The highest BCUT2D eigenvalue weighted by Gasteiger charge is 1.98. The second-order valence-electron chi connectivity index (χ2n) is 3.17. The lowest BCUT2D eigenvalue weighted by Crippen LogP contribution is -1.89. The van der Waals surface area contributed by atoms with Gasteiger partial charge in [-0.15, -0.1) is 0 Å². The van der Waals surface area contributed by atoms with E-state index in [1.807, 2.05) is 24.3 Å². The molecule has 0 saturated heterocycles. The minimum absolute atomic E-state index is 0.0998. The molecule has 0 bridgehead atoms. The SMILES string of the molecule is CC(=O)/C=C/[C@@H](C)c1ccccc1. The van der Waals surface area contributed by atoms with Gasteiger partial charge in [-0.25, -0.2) is 0 Å². The van der Waals surface area contributed by atoms with Crippen LogP contribution in [0.4, 0.5) is 0 Å². The van der Waals surface area contributed by atoms with Crippen LogP contribution in [0.15, 0.2) is 42.5 Å². The smallest absolute Gasteiger partial charge is 0.152 e. The van der Waals surface area contributed by atoms with Gasteiger partial charge in [0.2, 0.25) is 0 Å². The number of hydrogen-bond donors (Lipinski definition) is 0. The molecule has 13 heavy (non-hydrogen) atoms. The second-order valence-corrected chi connectivity index (χ2v) is 3.17. The van der Waals surface area contributed by atoms with Crippen LogP contribution in [0.3, 0.4) is 0 Å². The van der Waals surface area contributed by atoms with Crippen molar-refractivity contribution in [2.75, 3.05) is 0 Å². The number of rotatable bonds is 3. The first-order valence-electron chi connectivity index (χ1n) is 4.44. The zero-order chi connectivity index (χ0) is 9.68. The molecule has 0 aliphatic rings. The molecule has 0 spiro atoms. The number of hydrogen-bond acceptors (Lipinski definition) is 1. The van der Waals surface area contributed by atoms with E-state index in [1.165, 1.54) is 5.56 Å². The Hall–Kier alpha value is -1.37. The molecule has 0 aromatic heterocycles. The third-order valence-corrected chi connectivity index (χ3v) is 1.94. The molecule has 0 fully saturated rings. The predicted molar refractivity (Wildman–Crippen MR) is 54.7 cm³/mol. The normalized spacial score (nSPS) is 13.1. The van der Waals surface area contributed by atoms with Gasteiger partial charge in [-0.05, 0) is 24.5 Å². The summed E-state index contributed by atoms with van der Waals surface area (Å²) in [5, 5.41) is 0. The van der Waals surface area contributed by atoms with Gasteiger partial charge in [0, 0.05) is 0 Å². The highest BCUT2D eigenvalue weighted by atomic mass is 16.1. The predicted octanol–water partition coefficient (Wildman–Crippen LogP) is 2.94. The van der Waals surface area contributed by atoms with Crippen molar-refractivity contribution in [2.45, 2.75) is 19.8 Å². The van der Waals surface area contributed by atoms with E-state index in [9.17, 15) is 4.79 Å². The molecule has 0 unspecified atom stereocenters. The van der Waals surface area contributed by atoms with Gasteiger partial charge in [0.15, 0.2) is 5.78 Å². The zero-order valence-electron chi connectivity index (χ0n) is 8.03. The van der Waals surface area contributed by atoms with Crippen molar-refractivity contribution in [3.05, 3.63) is 48.0 Å². The van der Waals surface area contributed by atoms with E-state index in [0.717, 1.165) is 0 Å². The number of carbonyl (C=O) groups is 1. The highest BCUT2D eigenvalue weighted by Crippen LogP contribution is 2.15. The Bertz CT molecular complexity index is 298. The lowest BCUT2D eigenvalue weighted by Gasteiger charge is -2.04. The average Bonchev–Trinajstić information content (AvgIpc) is 2.15. The van der Waals surface area contributed by atoms with Crippen molar-refractivity contribution < 1.29 is 4.79 Å². The van der Waals surface area contributed by atoms with Crippen LogP contribution in [0.5, 0.6) is 0 Å². The molecule has 0 radical (unpaired) electrons. The maximum Gasteiger partial charge on any atom is 0.152 e. The van der Waals surface area contributed by atoms with Crippen molar-refractivity contribution in [1.82, 2.24) is 0 Å². The molecular weight excluding hydrogens is 160 g/mol. The summed E-state index contributed by atoms with van der Waals surface area (Å²) in [4.78, 5) is 10.7. The largest absolute Gasteiger partial charge is 0.295 e. The molecule has 1 heteroatoms. The summed E-state index contributed by atoms with van der Waals surface area (Å²) in [6, 6.07) is 10.1. The van der Waals surface area contributed by atoms with Gasteiger partial charge in [0.05, 0.1) is 0 Å². The van der Waals surface area contributed by atoms with Crippen molar-refractivity contribution in [1.29, 1.82) is 0 Å². The van der Waals surface area contributed by atoms with E-state index < -0.39 is 0 Å². The Morgan fingerprint density at radius 3 is 2.46 bits per heavy atom. The van der Waals surface area contributed by atoms with E-state index in [2.05, 4.69) is 19.1 Å². The summed E-state index contributed by atoms with van der Waals surface area (Å²) in [5.74, 6) is 0.410. The lowest BCUT2D eigenvalue weighted by molar-refractivity contribution is -0.112. The van der Waals surface area contributed by atoms with Gasteiger partial charge in [0.1, 0.15) is 0 Å². The molecule has 0 aliphatic carbocycles. The van der Waals surface area contributed by atoms with Crippen LogP contribution in [0.2, 0.25) is 0 Å². The van der Waals surface area contributed by atoms with E-state index >= 15 is 0 Å². The second kappa shape index (κ2) is 4.61. The van der Waals surface area contributed by atoms with Gasteiger partial charge < -0.3 is 0 Å². The van der Waals surface area contributed by atoms with Crippen LogP contribution >= 0.6 is 0 Å². The van der Waals surface area contributed by atoms with Crippen LogP contribution in [-0.2, 0) is 4.79 Å². The monoisotopic (exact) mass is 174 g/mol. The molecule has 0 N–H and O–H groups in total. The first kappa shape index (κ1) is 9.72. The Balaban J connectivity index is 2.69. The van der Waals surface area contributed by atoms with Crippen LogP contribution in [0, 0.1) is 0 Å². The minimum Gasteiger partial charge on any atom is -0.295 e. The maximum absolute atomic E-state index is 10.7. The van der Waals surface area contributed by atoms with Crippen molar-refractivity contribution >= 4 is 5.78 Å². The molecule has 1 nitrogen and oxygen atoms in total. The van der Waals surface area contributed by atoms with E-state index in [1.54, 1.807) is 13.0 Å². The Morgan fingerprint density at radius 2 is 1.92 bits per heavy atom.